The van der Waals surface area contributed by atoms with Crippen molar-refractivity contribution in [3.63, 3.8) is 0 Å². The van der Waals surface area contributed by atoms with Gasteiger partial charge in [-0.1, -0.05) is 48.5 Å². The van der Waals surface area contributed by atoms with E-state index in [1.54, 1.807) is 18.0 Å². The second-order valence-corrected chi connectivity index (χ2v) is 7.04. The molecule has 1 aliphatic rings. The predicted octanol–water partition coefficient (Wildman–Crippen LogP) is 4.01. The summed E-state index contributed by atoms with van der Waals surface area (Å²) in [5.41, 5.74) is 2.02. The summed E-state index contributed by atoms with van der Waals surface area (Å²) in [4.78, 5) is 23.9. The number of aromatic nitrogens is 2. The van der Waals surface area contributed by atoms with Crippen molar-refractivity contribution >= 4 is 17.4 Å². The van der Waals surface area contributed by atoms with Crippen LogP contribution in [0.25, 0.3) is 11.4 Å². The highest BCUT2D eigenvalue weighted by molar-refractivity contribution is 6.05. The lowest BCUT2D eigenvalue weighted by molar-refractivity contribution is 0.0988. The lowest BCUT2D eigenvalue weighted by atomic mass is 10.2. The number of amides is 1. The van der Waals surface area contributed by atoms with E-state index in [0.29, 0.717) is 23.9 Å². The molecule has 0 saturated carbocycles. The number of anilines is 2. The summed E-state index contributed by atoms with van der Waals surface area (Å²) in [6.07, 6.45) is 2.29. The molecule has 0 aliphatic carbocycles. The minimum absolute atomic E-state index is 0.177. The van der Waals surface area contributed by atoms with E-state index in [0.717, 1.165) is 30.7 Å². The Labute approximate surface area is 170 Å². The Morgan fingerprint density at radius 2 is 1.83 bits per heavy atom. The van der Waals surface area contributed by atoms with Crippen molar-refractivity contribution in [2.24, 2.45) is 0 Å². The van der Waals surface area contributed by atoms with Crippen LogP contribution in [0, 0.1) is 0 Å². The maximum Gasteiger partial charge on any atom is 0.276 e. The van der Waals surface area contributed by atoms with E-state index >= 15 is 0 Å². The molecule has 0 radical (unpaired) electrons. The van der Waals surface area contributed by atoms with E-state index in [1.807, 2.05) is 60.7 Å². The molecule has 3 aromatic rings. The summed E-state index contributed by atoms with van der Waals surface area (Å²) < 4.78 is 5.68. The molecule has 1 fully saturated rings. The van der Waals surface area contributed by atoms with Crippen LogP contribution in [-0.2, 0) is 4.74 Å². The number of ether oxygens (including phenoxy) is 1. The van der Waals surface area contributed by atoms with Gasteiger partial charge in [0.05, 0.1) is 6.10 Å². The Bertz CT molecular complexity index is 957. The number of nitrogens with zero attached hydrogens (tertiary/aromatic N) is 3. The Hall–Kier alpha value is -3.25. The molecule has 6 heteroatoms. The highest BCUT2D eigenvalue weighted by Gasteiger charge is 2.19. The van der Waals surface area contributed by atoms with E-state index in [2.05, 4.69) is 15.3 Å². The van der Waals surface area contributed by atoms with Crippen LogP contribution in [0.4, 0.5) is 11.5 Å². The molecule has 1 aliphatic heterocycles. The van der Waals surface area contributed by atoms with Gasteiger partial charge >= 0.3 is 0 Å². The van der Waals surface area contributed by atoms with Gasteiger partial charge in [0, 0.05) is 37.5 Å². The maximum atomic E-state index is 13.1. The van der Waals surface area contributed by atoms with Crippen molar-refractivity contribution < 1.29 is 9.53 Å². The fourth-order valence-electron chi connectivity index (χ4n) is 3.33. The fraction of sp³-hybridized carbons (Fsp3) is 0.261. The first-order valence-corrected chi connectivity index (χ1v) is 9.84. The second-order valence-electron chi connectivity index (χ2n) is 7.04. The quantitative estimate of drug-likeness (QED) is 0.691. The molecule has 148 valence electrons. The molecule has 2 aromatic carbocycles. The summed E-state index contributed by atoms with van der Waals surface area (Å²) in [6, 6.07) is 20.9. The van der Waals surface area contributed by atoms with Crippen LogP contribution in [0.3, 0.4) is 0 Å². The number of hydrogen-bond acceptors (Lipinski definition) is 5. The highest BCUT2D eigenvalue weighted by Crippen LogP contribution is 2.21. The summed E-state index contributed by atoms with van der Waals surface area (Å²) in [6.45, 7) is 1.46. The lowest BCUT2D eigenvalue weighted by Crippen LogP contribution is -2.27. The monoisotopic (exact) mass is 388 g/mol. The number of carbonyl (C=O) groups is 1. The molecule has 1 atom stereocenters. The zero-order valence-electron chi connectivity index (χ0n) is 16.4. The van der Waals surface area contributed by atoms with Gasteiger partial charge in [-0.15, -0.1) is 0 Å². The maximum absolute atomic E-state index is 13.1. The molecule has 1 N–H and O–H groups in total. The molecule has 0 bridgehead atoms. The molecule has 1 aromatic heterocycles. The Balaban J connectivity index is 1.64. The Kier molecular flexibility index (Phi) is 5.81. The van der Waals surface area contributed by atoms with Crippen molar-refractivity contribution in [2.45, 2.75) is 18.9 Å². The summed E-state index contributed by atoms with van der Waals surface area (Å²) in [5, 5.41) is 3.32. The fourth-order valence-corrected chi connectivity index (χ4v) is 3.33. The first-order valence-electron chi connectivity index (χ1n) is 9.84. The van der Waals surface area contributed by atoms with Crippen LogP contribution in [0.5, 0.6) is 0 Å². The molecule has 1 amide bonds. The standard InChI is InChI=1S/C23H24N4O2/c1-27(18-11-6-3-7-12-18)23(28)20-15-21(24-16-19-13-8-14-29-19)26-22(25-20)17-9-4-2-5-10-17/h2-7,9-12,15,19H,8,13-14,16H2,1H3,(H,24,25,26). The molecule has 4 rings (SSSR count). The number of para-hydroxylation sites is 1. The van der Waals surface area contributed by atoms with Gasteiger partial charge in [-0.05, 0) is 25.0 Å². The van der Waals surface area contributed by atoms with Gasteiger partial charge in [-0.25, -0.2) is 9.97 Å². The molecule has 6 nitrogen and oxygen atoms in total. The van der Waals surface area contributed by atoms with Crippen LogP contribution < -0.4 is 10.2 Å². The first kappa shape index (κ1) is 19.1. The van der Waals surface area contributed by atoms with Crippen LogP contribution in [-0.4, -0.2) is 42.2 Å². The predicted molar refractivity (Wildman–Crippen MR) is 114 cm³/mol. The van der Waals surface area contributed by atoms with Crippen LogP contribution in [0.15, 0.2) is 66.7 Å². The SMILES string of the molecule is CN(C(=O)c1cc(NCC2CCCO2)nc(-c2ccccc2)n1)c1ccccc1. The van der Waals surface area contributed by atoms with Gasteiger partial charge in [-0.2, -0.15) is 0 Å². The molecule has 2 heterocycles. The van der Waals surface area contributed by atoms with Gasteiger partial charge in [0.15, 0.2) is 5.82 Å². The minimum atomic E-state index is -0.184. The zero-order chi connectivity index (χ0) is 20.1. The topological polar surface area (TPSA) is 67.4 Å². The minimum Gasteiger partial charge on any atom is -0.376 e. The van der Waals surface area contributed by atoms with Crippen molar-refractivity contribution in [2.75, 3.05) is 30.4 Å². The Morgan fingerprint density at radius 1 is 1.10 bits per heavy atom. The molecule has 1 unspecified atom stereocenters. The summed E-state index contributed by atoms with van der Waals surface area (Å²) in [7, 11) is 1.75. The van der Waals surface area contributed by atoms with Crippen LogP contribution >= 0.6 is 0 Å². The average Bonchev–Trinajstić information content (AvgIpc) is 3.31. The lowest BCUT2D eigenvalue weighted by Gasteiger charge is -2.18. The third-order valence-corrected chi connectivity index (χ3v) is 4.96. The number of hydrogen-bond donors (Lipinski definition) is 1. The molecule has 0 spiro atoms. The van der Waals surface area contributed by atoms with E-state index in [4.69, 9.17) is 4.74 Å². The second kappa shape index (κ2) is 8.84. The highest BCUT2D eigenvalue weighted by atomic mass is 16.5. The van der Waals surface area contributed by atoms with Gasteiger partial charge in [0.25, 0.3) is 5.91 Å². The van der Waals surface area contributed by atoms with E-state index in [-0.39, 0.29) is 12.0 Å². The van der Waals surface area contributed by atoms with Crippen molar-refractivity contribution in [1.82, 2.24) is 9.97 Å². The summed E-state index contributed by atoms with van der Waals surface area (Å²) >= 11 is 0. The van der Waals surface area contributed by atoms with Gasteiger partial charge in [0.1, 0.15) is 11.5 Å². The van der Waals surface area contributed by atoms with Gasteiger partial charge in [0.2, 0.25) is 0 Å². The van der Waals surface area contributed by atoms with Crippen LogP contribution in [0.2, 0.25) is 0 Å². The smallest absolute Gasteiger partial charge is 0.276 e. The Morgan fingerprint density at radius 3 is 2.52 bits per heavy atom. The molecule has 1 saturated heterocycles. The van der Waals surface area contributed by atoms with E-state index in [1.165, 1.54) is 0 Å². The third kappa shape index (κ3) is 4.60. The van der Waals surface area contributed by atoms with Crippen molar-refractivity contribution in [1.29, 1.82) is 0 Å². The molecule has 29 heavy (non-hydrogen) atoms. The van der Waals surface area contributed by atoms with Crippen molar-refractivity contribution in [3.8, 4) is 11.4 Å². The van der Waals surface area contributed by atoms with Crippen LogP contribution in [0.1, 0.15) is 23.3 Å². The van der Waals surface area contributed by atoms with Gasteiger partial charge in [-0.3, -0.25) is 4.79 Å². The normalized spacial score (nSPS) is 15.8. The van der Waals surface area contributed by atoms with E-state index < -0.39 is 0 Å². The number of rotatable bonds is 6. The number of benzene rings is 2. The average molecular weight is 388 g/mol. The largest absolute Gasteiger partial charge is 0.376 e. The molecular weight excluding hydrogens is 364 g/mol. The van der Waals surface area contributed by atoms with Crippen molar-refractivity contribution in [3.05, 3.63) is 72.4 Å². The molecular formula is C23H24N4O2. The summed E-state index contributed by atoms with van der Waals surface area (Å²) in [5.74, 6) is 0.961. The number of carbonyl (C=O) groups excluding carboxylic acids is 1. The van der Waals surface area contributed by atoms with E-state index in [9.17, 15) is 4.79 Å². The number of nitrogens with one attached hydrogen (secondary N) is 1. The third-order valence-electron chi connectivity index (χ3n) is 4.96. The zero-order valence-corrected chi connectivity index (χ0v) is 16.4. The first-order chi connectivity index (χ1) is 14.2. The van der Waals surface area contributed by atoms with Gasteiger partial charge < -0.3 is 15.0 Å².